The fraction of sp³-hybridized carbons (Fsp3) is 0.462. The largest absolute Gasteiger partial charge is 0.383 e. The number of rotatable bonds is 7. The molecule has 1 atom stereocenters. The average molecular weight is 379 g/mol. The third-order valence-electron chi connectivity index (χ3n) is 2.71. The van der Waals surface area contributed by atoms with E-state index >= 15 is 0 Å². The number of carbonyl (C=O) groups excluding carboxylic acids is 1. The van der Waals surface area contributed by atoms with E-state index in [0.717, 1.165) is 8.78 Å². The lowest BCUT2D eigenvalue weighted by Crippen LogP contribution is -2.43. The van der Waals surface area contributed by atoms with Crippen molar-refractivity contribution < 1.29 is 17.9 Å². The summed E-state index contributed by atoms with van der Waals surface area (Å²) >= 11 is 3.25. The fourth-order valence-electron chi connectivity index (χ4n) is 1.69. The van der Waals surface area contributed by atoms with Crippen LogP contribution >= 0.6 is 15.9 Å². The maximum absolute atomic E-state index is 12.3. The zero-order chi connectivity index (χ0) is 16.0. The number of halogens is 1. The van der Waals surface area contributed by atoms with Crippen molar-refractivity contribution in [2.75, 3.05) is 27.3 Å². The van der Waals surface area contributed by atoms with E-state index in [-0.39, 0.29) is 23.4 Å². The zero-order valence-corrected chi connectivity index (χ0v) is 14.6. The minimum atomic E-state index is -3.68. The molecule has 1 aromatic rings. The van der Waals surface area contributed by atoms with E-state index in [9.17, 15) is 13.2 Å². The molecule has 0 aliphatic heterocycles. The molecule has 1 rings (SSSR count). The highest BCUT2D eigenvalue weighted by atomic mass is 79.9. The zero-order valence-electron chi connectivity index (χ0n) is 12.2. The summed E-state index contributed by atoms with van der Waals surface area (Å²) < 4.78 is 31.3. The lowest BCUT2D eigenvalue weighted by molar-refractivity contribution is -0.122. The Morgan fingerprint density at radius 1 is 1.38 bits per heavy atom. The second kappa shape index (κ2) is 7.88. The molecule has 1 N–H and O–H groups in total. The first-order valence-electron chi connectivity index (χ1n) is 6.27. The topological polar surface area (TPSA) is 75.7 Å². The van der Waals surface area contributed by atoms with Gasteiger partial charge in [-0.3, -0.25) is 4.79 Å². The van der Waals surface area contributed by atoms with E-state index < -0.39 is 10.0 Å². The highest BCUT2D eigenvalue weighted by Crippen LogP contribution is 2.17. The normalized spacial score (nSPS) is 13.2. The first kappa shape index (κ1) is 18.1. The molecule has 0 aliphatic rings. The number of nitrogens with zero attached hydrogens (tertiary/aromatic N) is 1. The van der Waals surface area contributed by atoms with Gasteiger partial charge in [-0.25, -0.2) is 8.42 Å². The molecule has 0 aliphatic carbocycles. The molecule has 0 fully saturated rings. The Kier molecular flexibility index (Phi) is 6.79. The SMILES string of the molecule is COC[C@H](C)NC(=O)CN(C)S(=O)(=O)c1ccc(Br)cc1. The third kappa shape index (κ3) is 5.39. The summed E-state index contributed by atoms with van der Waals surface area (Å²) in [6, 6.07) is 6.08. The highest BCUT2D eigenvalue weighted by molar-refractivity contribution is 9.10. The Morgan fingerprint density at radius 3 is 2.48 bits per heavy atom. The van der Waals surface area contributed by atoms with Crippen LogP contribution in [0.15, 0.2) is 33.6 Å². The van der Waals surface area contributed by atoms with Gasteiger partial charge in [0.2, 0.25) is 15.9 Å². The molecule has 0 radical (unpaired) electrons. The van der Waals surface area contributed by atoms with Gasteiger partial charge in [0.25, 0.3) is 0 Å². The van der Waals surface area contributed by atoms with E-state index in [4.69, 9.17) is 4.74 Å². The molecule has 0 heterocycles. The molecule has 6 nitrogen and oxygen atoms in total. The number of methoxy groups -OCH3 is 1. The number of benzene rings is 1. The fourth-order valence-corrected chi connectivity index (χ4v) is 3.08. The van der Waals surface area contributed by atoms with Crippen molar-refractivity contribution in [1.29, 1.82) is 0 Å². The highest BCUT2D eigenvalue weighted by Gasteiger charge is 2.23. The van der Waals surface area contributed by atoms with Gasteiger partial charge in [0, 0.05) is 24.7 Å². The minimum Gasteiger partial charge on any atom is -0.383 e. The second-order valence-corrected chi connectivity index (χ2v) is 7.60. The Bertz CT molecular complexity index is 574. The van der Waals surface area contributed by atoms with Crippen molar-refractivity contribution in [3.8, 4) is 0 Å². The van der Waals surface area contributed by atoms with Crippen LogP contribution in [0.1, 0.15) is 6.92 Å². The van der Waals surface area contributed by atoms with Crippen LogP contribution in [0.5, 0.6) is 0 Å². The summed E-state index contributed by atoms with van der Waals surface area (Å²) in [5.74, 6) is -0.372. The van der Waals surface area contributed by atoms with Gasteiger partial charge < -0.3 is 10.1 Å². The van der Waals surface area contributed by atoms with Gasteiger partial charge in [-0.1, -0.05) is 15.9 Å². The van der Waals surface area contributed by atoms with Crippen LogP contribution in [0.3, 0.4) is 0 Å². The van der Waals surface area contributed by atoms with Crippen molar-refractivity contribution >= 4 is 31.9 Å². The van der Waals surface area contributed by atoms with Crippen LogP contribution in [0, 0.1) is 0 Å². The lowest BCUT2D eigenvalue weighted by atomic mass is 10.3. The van der Waals surface area contributed by atoms with Crippen molar-refractivity contribution in [2.45, 2.75) is 17.9 Å². The number of likely N-dealkylation sites (N-methyl/N-ethyl adjacent to an activating group) is 1. The Balaban J connectivity index is 2.71. The molecular formula is C13H19BrN2O4S. The van der Waals surface area contributed by atoms with Crippen LogP contribution in [0.4, 0.5) is 0 Å². The van der Waals surface area contributed by atoms with Crippen molar-refractivity contribution in [3.63, 3.8) is 0 Å². The number of sulfonamides is 1. The van der Waals surface area contributed by atoms with Gasteiger partial charge in [-0.05, 0) is 31.2 Å². The number of hydrogen-bond acceptors (Lipinski definition) is 4. The molecule has 0 bridgehead atoms. The third-order valence-corrected chi connectivity index (χ3v) is 5.06. The molecular weight excluding hydrogens is 360 g/mol. The molecule has 0 saturated heterocycles. The number of nitrogens with one attached hydrogen (secondary N) is 1. The maximum atomic E-state index is 12.3. The average Bonchev–Trinajstić information content (AvgIpc) is 2.39. The van der Waals surface area contributed by atoms with Gasteiger partial charge in [-0.2, -0.15) is 4.31 Å². The molecule has 0 spiro atoms. The molecule has 0 unspecified atom stereocenters. The van der Waals surface area contributed by atoms with Crippen LogP contribution < -0.4 is 5.32 Å². The monoisotopic (exact) mass is 378 g/mol. The van der Waals surface area contributed by atoms with Gasteiger partial charge >= 0.3 is 0 Å². The van der Waals surface area contributed by atoms with Crippen molar-refractivity contribution in [1.82, 2.24) is 9.62 Å². The summed E-state index contributed by atoms with van der Waals surface area (Å²) in [7, 11) is -0.771. The Morgan fingerprint density at radius 2 is 1.95 bits per heavy atom. The van der Waals surface area contributed by atoms with Crippen LogP contribution in [-0.2, 0) is 19.6 Å². The molecule has 1 amide bonds. The van der Waals surface area contributed by atoms with Crippen LogP contribution in [0.2, 0.25) is 0 Å². The molecule has 8 heteroatoms. The number of hydrogen-bond donors (Lipinski definition) is 1. The van der Waals surface area contributed by atoms with Crippen molar-refractivity contribution in [3.05, 3.63) is 28.7 Å². The smallest absolute Gasteiger partial charge is 0.243 e. The second-order valence-electron chi connectivity index (χ2n) is 4.64. The lowest BCUT2D eigenvalue weighted by Gasteiger charge is -2.19. The first-order chi connectivity index (χ1) is 9.77. The van der Waals surface area contributed by atoms with E-state index in [2.05, 4.69) is 21.2 Å². The minimum absolute atomic E-state index is 0.144. The summed E-state index contributed by atoms with van der Waals surface area (Å²) in [5, 5.41) is 2.67. The molecule has 1 aromatic carbocycles. The quantitative estimate of drug-likeness (QED) is 0.773. The summed E-state index contributed by atoms with van der Waals surface area (Å²) in [6.45, 7) is 1.91. The molecule has 118 valence electrons. The number of amides is 1. The predicted molar refractivity (Wildman–Crippen MR) is 83.4 cm³/mol. The van der Waals surface area contributed by atoms with E-state index in [1.807, 2.05) is 0 Å². The van der Waals surface area contributed by atoms with Gasteiger partial charge in [0.15, 0.2) is 0 Å². The number of ether oxygens (including phenoxy) is 1. The molecule has 21 heavy (non-hydrogen) atoms. The van der Waals surface area contributed by atoms with Crippen LogP contribution in [-0.4, -0.2) is 52.0 Å². The van der Waals surface area contributed by atoms with E-state index in [1.165, 1.54) is 26.3 Å². The van der Waals surface area contributed by atoms with Gasteiger partial charge in [-0.15, -0.1) is 0 Å². The van der Waals surface area contributed by atoms with Crippen LogP contribution in [0.25, 0.3) is 0 Å². The Hall–Kier alpha value is -0.960. The maximum Gasteiger partial charge on any atom is 0.243 e. The predicted octanol–water partition coefficient (Wildman–Crippen LogP) is 1.22. The molecule has 0 aromatic heterocycles. The first-order valence-corrected chi connectivity index (χ1v) is 8.51. The van der Waals surface area contributed by atoms with Gasteiger partial charge in [0.05, 0.1) is 18.0 Å². The van der Waals surface area contributed by atoms with Crippen molar-refractivity contribution in [2.24, 2.45) is 0 Å². The summed E-state index contributed by atoms with van der Waals surface area (Å²) in [6.07, 6.45) is 0. The standard InChI is InChI=1S/C13H19BrN2O4S/c1-10(9-20-3)15-13(17)8-16(2)21(18,19)12-6-4-11(14)5-7-12/h4-7,10H,8-9H2,1-3H3,(H,15,17)/t10-/m0/s1. The number of carbonyl (C=O) groups is 1. The Labute approximate surface area is 133 Å². The van der Waals surface area contributed by atoms with E-state index in [1.54, 1.807) is 19.1 Å². The van der Waals surface area contributed by atoms with Gasteiger partial charge in [0.1, 0.15) is 0 Å². The summed E-state index contributed by atoms with van der Waals surface area (Å²) in [4.78, 5) is 11.9. The summed E-state index contributed by atoms with van der Waals surface area (Å²) in [5.41, 5.74) is 0. The van der Waals surface area contributed by atoms with E-state index in [0.29, 0.717) is 6.61 Å². The molecule has 0 saturated carbocycles.